The number of methoxy groups -OCH3 is 3. The summed E-state index contributed by atoms with van der Waals surface area (Å²) in [6.07, 6.45) is 2.48. The van der Waals surface area contributed by atoms with Crippen LogP contribution in [0.1, 0.15) is 90.8 Å². The number of benzene rings is 4. The average Bonchev–Trinajstić information content (AvgIpc) is 3.23. The van der Waals surface area contributed by atoms with Gasteiger partial charge >= 0.3 is 0 Å². The maximum Gasteiger partial charge on any atom is 0.180 e. The third-order valence-corrected chi connectivity index (χ3v) is 12.3. The van der Waals surface area contributed by atoms with Gasteiger partial charge in [0.1, 0.15) is 88.1 Å². The van der Waals surface area contributed by atoms with Crippen molar-refractivity contribution >= 4 is 28.5 Å². The fraction of sp³-hybridized carbons (Fsp3) is 0.367. The summed E-state index contributed by atoms with van der Waals surface area (Å²) in [5, 5.41) is 19.3. The summed E-state index contributed by atoms with van der Waals surface area (Å²) in [5.41, 5.74) is 4.75. The summed E-state index contributed by atoms with van der Waals surface area (Å²) in [6, 6.07) is 14.3. The van der Waals surface area contributed by atoms with Gasteiger partial charge in [0.15, 0.2) is 11.9 Å². The first-order chi connectivity index (χ1) is 29.6. The molecule has 0 saturated carbocycles. The van der Waals surface area contributed by atoms with E-state index in [1.807, 2.05) is 38.1 Å². The molecule has 12 nitrogen and oxygen atoms in total. The minimum atomic E-state index is -1.06. The Morgan fingerprint density at radius 3 is 1.95 bits per heavy atom. The summed E-state index contributed by atoms with van der Waals surface area (Å²) in [4.78, 5) is 13.8. The van der Waals surface area contributed by atoms with E-state index < -0.39 is 22.9 Å². The molecule has 0 aliphatic carbocycles. The molecular formula is C49H49FO12. The van der Waals surface area contributed by atoms with Crippen LogP contribution < -0.4 is 37.9 Å². The molecule has 2 N–H and O–H groups in total. The number of ether oxygens (including phenoxy) is 9. The molecule has 10 rings (SSSR count). The normalized spacial score (nSPS) is 22.5. The molecule has 0 aromatic heterocycles. The molecule has 6 aliphatic rings. The van der Waals surface area contributed by atoms with Crippen LogP contribution >= 0.6 is 0 Å². The van der Waals surface area contributed by atoms with Gasteiger partial charge in [-0.1, -0.05) is 0 Å². The van der Waals surface area contributed by atoms with Crippen LogP contribution in [0.25, 0.3) is 22.7 Å². The monoisotopic (exact) mass is 847 g/mol. The lowest BCUT2D eigenvalue weighted by Gasteiger charge is -2.45. The number of halogens is 1. The van der Waals surface area contributed by atoms with Crippen LogP contribution in [0.4, 0.5) is 4.39 Å². The van der Waals surface area contributed by atoms with Crippen molar-refractivity contribution in [1.82, 2.24) is 0 Å². The van der Waals surface area contributed by atoms with E-state index >= 15 is 4.39 Å². The fourth-order valence-electron chi connectivity index (χ4n) is 9.42. The van der Waals surface area contributed by atoms with Gasteiger partial charge in [-0.05, 0) is 108 Å². The van der Waals surface area contributed by atoms with E-state index in [2.05, 4.69) is 13.0 Å². The van der Waals surface area contributed by atoms with E-state index in [4.69, 9.17) is 42.6 Å². The number of allylic oxidation sites excluding steroid dienone is 1. The maximum atomic E-state index is 15.0. The highest BCUT2D eigenvalue weighted by Gasteiger charge is 2.54. The van der Waals surface area contributed by atoms with E-state index in [1.165, 1.54) is 13.2 Å². The second-order valence-electron chi connectivity index (χ2n) is 17.3. The Morgan fingerprint density at radius 1 is 0.694 bits per heavy atom. The standard InChI is InChI=1S/C25H26O6.C24H23FO6/c1-13-10-25(2,3)31-17-7-6-15-23(28-5)22-16-9-18(27-4)14(11-26)8-19(16)29-12-20(22)30-24(15)21(13)17;1-23(2)9-15(25)20-16(31-23)6-5-13-21(20)30-19-11-29-18-7-12(10-26)17(28-4)8-14(18)24(19,3)22(13)27/h6-10,20,26H,11-12H2,1-5H3;5-9,19,26H,10-11H2,1-4H3/t20-;19-,24+/m11/s1/i;25-1. The molecule has 0 unspecified atom stereocenters. The van der Waals surface area contributed by atoms with E-state index in [0.717, 1.165) is 45.1 Å². The highest BCUT2D eigenvalue weighted by Crippen LogP contribution is 2.54. The van der Waals surface area contributed by atoms with Crippen molar-refractivity contribution in [2.75, 3.05) is 34.5 Å². The number of hydrogen-bond acceptors (Lipinski definition) is 12. The number of Topliss-reactive ketones (excluding diaryl/α,β-unsaturated/α-hetero) is 1. The Hall–Kier alpha value is -6.18. The van der Waals surface area contributed by atoms with Crippen molar-refractivity contribution in [2.24, 2.45) is 0 Å². The third kappa shape index (κ3) is 6.35. The number of carbonyl (C=O) groups excluding carboxylic acids is 1. The number of aliphatic hydroxyl groups is 2. The van der Waals surface area contributed by atoms with Crippen molar-refractivity contribution in [3.63, 3.8) is 0 Å². The molecule has 0 spiro atoms. The van der Waals surface area contributed by atoms with Crippen LogP contribution in [0.3, 0.4) is 0 Å². The quantitative estimate of drug-likeness (QED) is 0.199. The first kappa shape index (κ1) is 41.2. The number of aliphatic hydroxyl groups excluding tert-OH is 2. The molecule has 0 amide bonds. The zero-order valence-electron chi connectivity index (χ0n) is 36.1. The van der Waals surface area contributed by atoms with Gasteiger partial charge in [-0.3, -0.25) is 4.79 Å². The van der Waals surface area contributed by atoms with Gasteiger partial charge in [-0.15, -0.1) is 0 Å². The molecule has 0 fully saturated rings. The van der Waals surface area contributed by atoms with E-state index in [9.17, 15) is 15.0 Å². The third-order valence-electron chi connectivity index (χ3n) is 12.3. The molecule has 0 bridgehead atoms. The SMILES string of the molecule is COC1=C2c3cc(OC)c(CO)cc3OC[C@H]2Oc2c1ccc1c2C(C)=CC(C)(C)O1.COc1cc2c(cc1CO)OC[C@H]1Oc3c(ccc4c3C([18F])=CC(C)(C)O4)C(=O)[C@@]21C. The van der Waals surface area contributed by atoms with E-state index in [-0.39, 0.29) is 48.6 Å². The Balaban J connectivity index is 0.000000158. The second-order valence-corrected chi connectivity index (χ2v) is 17.3. The minimum Gasteiger partial charge on any atom is -0.496 e. The number of carbonyl (C=O) groups is 1. The van der Waals surface area contributed by atoms with E-state index in [0.29, 0.717) is 57.6 Å². The summed E-state index contributed by atoms with van der Waals surface area (Å²) < 4.78 is 68.6. The summed E-state index contributed by atoms with van der Waals surface area (Å²) in [5.74, 6) is 4.37. The molecule has 6 aliphatic heterocycles. The Morgan fingerprint density at radius 2 is 1.29 bits per heavy atom. The topological polar surface area (TPSA) is 141 Å². The fourth-order valence-corrected chi connectivity index (χ4v) is 9.42. The molecule has 13 heteroatoms. The predicted octanol–water partition coefficient (Wildman–Crippen LogP) is 8.39. The van der Waals surface area contributed by atoms with Crippen molar-refractivity contribution in [1.29, 1.82) is 0 Å². The van der Waals surface area contributed by atoms with Crippen molar-refractivity contribution in [3.05, 3.63) is 105 Å². The van der Waals surface area contributed by atoms with Gasteiger partial charge in [0.2, 0.25) is 0 Å². The van der Waals surface area contributed by atoms with Crippen LogP contribution in [-0.4, -0.2) is 73.9 Å². The molecular weight excluding hydrogens is 799 g/mol. The van der Waals surface area contributed by atoms with Crippen LogP contribution in [0.5, 0.6) is 46.0 Å². The molecule has 62 heavy (non-hydrogen) atoms. The second kappa shape index (κ2) is 14.7. The summed E-state index contributed by atoms with van der Waals surface area (Å²) in [6.45, 7) is 11.6. The maximum absolute atomic E-state index is 15.0. The average molecular weight is 848 g/mol. The van der Waals surface area contributed by atoms with Crippen molar-refractivity contribution in [3.8, 4) is 46.0 Å². The van der Waals surface area contributed by atoms with Gasteiger partial charge < -0.3 is 52.8 Å². The minimum absolute atomic E-state index is 0.104. The largest absolute Gasteiger partial charge is 0.496 e. The van der Waals surface area contributed by atoms with Gasteiger partial charge in [0.25, 0.3) is 0 Å². The lowest BCUT2D eigenvalue weighted by Crippen LogP contribution is -2.55. The first-order valence-electron chi connectivity index (χ1n) is 20.4. The number of rotatable bonds is 5. The number of ketones is 1. The lowest BCUT2D eigenvalue weighted by molar-refractivity contribution is 0.0266. The Labute approximate surface area is 359 Å². The molecule has 6 heterocycles. The summed E-state index contributed by atoms with van der Waals surface area (Å²) >= 11 is 0. The highest BCUT2D eigenvalue weighted by molar-refractivity contribution is 6.09. The van der Waals surface area contributed by atoms with Gasteiger partial charge in [-0.25, -0.2) is 4.39 Å². The zero-order chi connectivity index (χ0) is 44.0. The first-order valence-corrected chi connectivity index (χ1v) is 20.4. The number of hydrogen-bond donors (Lipinski definition) is 2. The molecule has 4 aromatic rings. The molecule has 324 valence electrons. The van der Waals surface area contributed by atoms with Crippen molar-refractivity contribution < 1.29 is 62.0 Å². The molecule has 3 atom stereocenters. The van der Waals surface area contributed by atoms with Gasteiger partial charge in [0, 0.05) is 27.8 Å². The predicted molar refractivity (Wildman–Crippen MR) is 228 cm³/mol. The molecule has 0 radical (unpaired) electrons. The lowest BCUT2D eigenvalue weighted by atomic mass is 9.68. The van der Waals surface area contributed by atoms with Crippen LogP contribution in [0, 0.1) is 0 Å². The van der Waals surface area contributed by atoms with Crippen LogP contribution in [0.15, 0.2) is 60.7 Å². The highest BCUT2D eigenvalue weighted by atomic mass is 18.2. The molecule has 0 saturated heterocycles. The van der Waals surface area contributed by atoms with E-state index in [1.54, 1.807) is 59.3 Å². The Bertz CT molecular complexity index is 2660. The smallest absolute Gasteiger partial charge is 0.180 e. The zero-order valence-corrected chi connectivity index (χ0v) is 36.1. The van der Waals surface area contributed by atoms with Gasteiger partial charge in [0.05, 0.1) is 62.2 Å². The Kier molecular flexibility index (Phi) is 9.79. The van der Waals surface area contributed by atoms with Gasteiger partial charge in [-0.2, -0.15) is 0 Å². The summed E-state index contributed by atoms with van der Waals surface area (Å²) in [7, 11) is 4.76. The molecule has 4 aromatic carbocycles. The van der Waals surface area contributed by atoms with Crippen molar-refractivity contribution in [2.45, 2.75) is 83.6 Å². The number of fused-ring (bicyclic) bond motifs is 12. The van der Waals surface area contributed by atoms with Crippen LogP contribution in [0.2, 0.25) is 0 Å². The van der Waals surface area contributed by atoms with Crippen LogP contribution in [-0.2, 0) is 23.4 Å².